The van der Waals surface area contributed by atoms with E-state index in [1.54, 1.807) is 24.3 Å². The Morgan fingerprint density at radius 2 is 1.74 bits per heavy atom. The van der Waals surface area contributed by atoms with Crippen LogP contribution in [0.4, 0.5) is 0 Å². The average molecular weight is 436 g/mol. The molecule has 1 unspecified atom stereocenters. The number of hydrogen-bond donors (Lipinski definition) is 1. The highest BCUT2D eigenvalue weighted by Gasteiger charge is 2.28. The summed E-state index contributed by atoms with van der Waals surface area (Å²) < 4.78 is 27.0. The third-order valence-corrected chi connectivity index (χ3v) is 7.30. The summed E-state index contributed by atoms with van der Waals surface area (Å²) in [6, 6.07) is 14.1. The first kappa shape index (κ1) is 20.9. The van der Waals surface area contributed by atoms with Gasteiger partial charge in [-0.15, -0.1) is 0 Å². The maximum Gasteiger partial charge on any atom is 0.258 e. The summed E-state index contributed by atoms with van der Waals surface area (Å²) in [6.45, 7) is 0.973. The van der Waals surface area contributed by atoms with Crippen LogP contribution in [-0.4, -0.2) is 41.6 Å². The van der Waals surface area contributed by atoms with Crippen molar-refractivity contribution in [1.82, 2.24) is 14.3 Å². The summed E-state index contributed by atoms with van der Waals surface area (Å²) in [5.74, 6) is -1.93. The lowest BCUT2D eigenvalue weighted by Gasteiger charge is -2.25. The zero-order valence-corrected chi connectivity index (χ0v) is 17.4. The van der Waals surface area contributed by atoms with Gasteiger partial charge in [0, 0.05) is 18.7 Å². The van der Waals surface area contributed by atoms with E-state index in [-0.39, 0.29) is 16.3 Å². The van der Waals surface area contributed by atoms with Crippen LogP contribution in [0.15, 0.2) is 58.2 Å². The van der Waals surface area contributed by atoms with Gasteiger partial charge in [0.2, 0.25) is 10.0 Å². The zero-order valence-electron chi connectivity index (χ0n) is 16.6. The summed E-state index contributed by atoms with van der Waals surface area (Å²) in [6.07, 6.45) is 2.67. The first-order chi connectivity index (χ1) is 14.9. The van der Waals surface area contributed by atoms with Gasteiger partial charge in [0.15, 0.2) is 11.7 Å². The lowest BCUT2D eigenvalue weighted by atomic mass is 9.98. The Bertz CT molecular complexity index is 1330. The van der Waals surface area contributed by atoms with E-state index in [1.807, 2.05) is 6.07 Å². The number of rotatable bonds is 5. The number of aromatic amines is 1. The molecule has 0 radical (unpaired) electrons. The zero-order chi connectivity index (χ0) is 22.0. The molecule has 158 valence electrons. The van der Waals surface area contributed by atoms with Crippen molar-refractivity contribution in [2.45, 2.75) is 30.1 Å². The Kier molecular flexibility index (Phi) is 5.67. The number of hydrogen-bond acceptors (Lipinski definition) is 6. The van der Waals surface area contributed by atoms with Crippen molar-refractivity contribution in [2.75, 3.05) is 13.1 Å². The molecule has 3 aromatic rings. The van der Waals surface area contributed by atoms with E-state index in [9.17, 15) is 23.3 Å². The predicted molar refractivity (Wildman–Crippen MR) is 114 cm³/mol. The molecule has 0 bridgehead atoms. The molecule has 1 fully saturated rings. The number of ketones is 1. The normalized spacial score (nSPS) is 16.0. The molecule has 1 saturated heterocycles. The second-order valence-corrected chi connectivity index (χ2v) is 9.32. The van der Waals surface area contributed by atoms with Crippen LogP contribution in [0.1, 0.15) is 41.4 Å². The molecule has 0 aliphatic carbocycles. The Hall–Kier alpha value is -3.35. The molecule has 31 heavy (non-hydrogen) atoms. The van der Waals surface area contributed by atoms with Crippen LogP contribution in [0.2, 0.25) is 0 Å². The summed E-state index contributed by atoms with van der Waals surface area (Å²) >= 11 is 0. The van der Waals surface area contributed by atoms with Crippen molar-refractivity contribution >= 4 is 26.7 Å². The smallest absolute Gasteiger partial charge is 0.258 e. The summed E-state index contributed by atoms with van der Waals surface area (Å²) in [4.78, 5) is 32.1. The van der Waals surface area contributed by atoms with Gasteiger partial charge in [-0.3, -0.25) is 9.59 Å². The van der Waals surface area contributed by atoms with Crippen molar-refractivity contribution in [2.24, 2.45) is 0 Å². The van der Waals surface area contributed by atoms with E-state index < -0.39 is 27.3 Å². The molecule has 4 rings (SSSR count). The lowest BCUT2D eigenvalue weighted by molar-refractivity contribution is 0.0976. The monoisotopic (exact) mass is 436 g/mol. The Morgan fingerprint density at radius 3 is 2.42 bits per heavy atom. The maximum atomic E-state index is 12.9. The average Bonchev–Trinajstić information content (AvgIpc) is 2.80. The molecule has 0 amide bonds. The molecule has 0 saturated carbocycles. The van der Waals surface area contributed by atoms with Crippen LogP contribution in [-0.2, 0) is 10.0 Å². The van der Waals surface area contributed by atoms with Crippen molar-refractivity contribution in [3.8, 4) is 6.07 Å². The molecule has 2 heterocycles. The van der Waals surface area contributed by atoms with E-state index in [0.29, 0.717) is 24.0 Å². The number of Topliss-reactive ketones (excluding diaryl/α,β-unsaturated/α-hetero) is 1. The third kappa shape index (κ3) is 4.00. The number of fused-ring (bicyclic) bond motifs is 1. The topological polar surface area (TPSA) is 124 Å². The van der Waals surface area contributed by atoms with Gasteiger partial charge >= 0.3 is 0 Å². The van der Waals surface area contributed by atoms with Crippen molar-refractivity contribution < 1.29 is 13.2 Å². The highest BCUT2D eigenvalue weighted by Crippen LogP contribution is 2.23. The second-order valence-electron chi connectivity index (χ2n) is 7.38. The number of nitriles is 1. The fourth-order valence-electron chi connectivity index (χ4n) is 3.70. The number of H-pyrrole nitrogens is 1. The van der Waals surface area contributed by atoms with Crippen LogP contribution in [0, 0.1) is 11.3 Å². The molecule has 1 aliphatic heterocycles. The van der Waals surface area contributed by atoms with Gasteiger partial charge in [0.1, 0.15) is 5.82 Å². The van der Waals surface area contributed by atoms with Gasteiger partial charge < -0.3 is 4.98 Å². The van der Waals surface area contributed by atoms with Crippen LogP contribution >= 0.6 is 0 Å². The molecule has 0 spiro atoms. The highest BCUT2D eigenvalue weighted by molar-refractivity contribution is 7.89. The van der Waals surface area contributed by atoms with Crippen molar-refractivity contribution in [3.63, 3.8) is 0 Å². The molecule has 2 aromatic carbocycles. The lowest BCUT2D eigenvalue weighted by Crippen LogP contribution is -2.35. The van der Waals surface area contributed by atoms with Crippen molar-refractivity contribution in [1.29, 1.82) is 5.26 Å². The molecule has 1 aromatic heterocycles. The molecule has 8 nitrogen and oxygen atoms in total. The molecule has 9 heteroatoms. The Labute approximate surface area is 179 Å². The van der Waals surface area contributed by atoms with Gasteiger partial charge in [-0.2, -0.15) is 9.57 Å². The molecule has 1 aliphatic rings. The minimum absolute atomic E-state index is 0.0405. The number of piperidine rings is 1. The number of carbonyl (C=O) groups is 1. The van der Waals surface area contributed by atoms with Gasteiger partial charge in [0.05, 0.1) is 21.9 Å². The fourth-order valence-corrected chi connectivity index (χ4v) is 5.21. The van der Waals surface area contributed by atoms with Crippen LogP contribution in [0.3, 0.4) is 0 Å². The van der Waals surface area contributed by atoms with Gasteiger partial charge in [0.25, 0.3) is 5.56 Å². The third-order valence-electron chi connectivity index (χ3n) is 5.39. The van der Waals surface area contributed by atoms with E-state index in [1.165, 1.54) is 28.6 Å². The number of sulfonamides is 1. The number of nitrogens with zero attached hydrogens (tertiary/aromatic N) is 3. The van der Waals surface area contributed by atoms with Crippen LogP contribution in [0.5, 0.6) is 0 Å². The molecular formula is C22H20N4O4S. The van der Waals surface area contributed by atoms with Crippen molar-refractivity contribution in [3.05, 3.63) is 70.3 Å². The first-order valence-electron chi connectivity index (χ1n) is 9.95. The van der Waals surface area contributed by atoms with Crippen LogP contribution in [0.25, 0.3) is 10.9 Å². The Morgan fingerprint density at radius 1 is 1.06 bits per heavy atom. The molecule has 1 atom stereocenters. The minimum Gasteiger partial charge on any atom is -0.308 e. The Balaban J connectivity index is 1.63. The predicted octanol–water partition coefficient (Wildman–Crippen LogP) is 2.59. The summed E-state index contributed by atoms with van der Waals surface area (Å²) in [7, 11) is -3.62. The number of carbonyl (C=O) groups excluding carboxylic acids is 1. The van der Waals surface area contributed by atoms with E-state index in [2.05, 4.69) is 9.97 Å². The van der Waals surface area contributed by atoms with E-state index in [0.717, 1.165) is 19.3 Å². The van der Waals surface area contributed by atoms with Crippen LogP contribution < -0.4 is 5.56 Å². The maximum absolute atomic E-state index is 12.9. The minimum atomic E-state index is -3.62. The number of aromatic nitrogens is 2. The number of para-hydroxylation sites is 1. The number of benzene rings is 2. The largest absolute Gasteiger partial charge is 0.308 e. The van der Waals surface area contributed by atoms with E-state index in [4.69, 9.17) is 0 Å². The first-order valence-corrected chi connectivity index (χ1v) is 11.4. The van der Waals surface area contributed by atoms with Gasteiger partial charge in [-0.05, 0) is 37.1 Å². The molecule has 1 N–H and O–H groups in total. The van der Waals surface area contributed by atoms with Gasteiger partial charge in [-0.25, -0.2) is 13.4 Å². The summed E-state index contributed by atoms with van der Waals surface area (Å²) in [5.41, 5.74) is 0.119. The standard InChI is InChI=1S/C22H20N4O4S/c23-14-18(21-24-19-7-3-2-6-17(19)22(28)25-21)20(27)15-8-10-16(11-9-15)31(29,30)26-12-4-1-5-13-26/h2-3,6-11,18H,1,4-5,12-13H2,(H,24,25,28). The van der Waals surface area contributed by atoms with E-state index >= 15 is 0 Å². The quantitative estimate of drug-likeness (QED) is 0.613. The SMILES string of the molecule is N#CC(C(=O)c1ccc(S(=O)(=O)N2CCCCC2)cc1)c1nc2ccccc2c(=O)[nH]1. The summed E-state index contributed by atoms with van der Waals surface area (Å²) in [5, 5.41) is 9.96. The fraction of sp³-hybridized carbons (Fsp3) is 0.273. The molecular weight excluding hydrogens is 416 g/mol. The second kappa shape index (κ2) is 8.41. The number of nitrogens with one attached hydrogen (secondary N) is 1. The highest BCUT2D eigenvalue weighted by atomic mass is 32.2. The van der Waals surface area contributed by atoms with Gasteiger partial charge in [-0.1, -0.05) is 30.7 Å².